The molecule has 11 rings (SSSR count). The third kappa shape index (κ3) is 10.7. The molecule has 2 nitrogen and oxygen atoms in total. The number of hydrogen-bond donors (Lipinski definition) is 0. The van der Waals surface area contributed by atoms with Gasteiger partial charge in [0.2, 0.25) is 0 Å². The molecule has 2 heteroatoms. The summed E-state index contributed by atoms with van der Waals surface area (Å²) in [6.07, 6.45) is 19.4. The van der Waals surface area contributed by atoms with Gasteiger partial charge in [0.15, 0.2) is 0 Å². The van der Waals surface area contributed by atoms with E-state index in [1.807, 2.05) is 0 Å². The average Bonchev–Trinajstić information content (AvgIpc) is 3.89. The standard InChI is InChI=1S/C73H60N2/c1-3-73(4-2)71-53-67(74(63-41-33-59(34-42-63)29-25-55-17-9-5-10-18-55)64-43-35-60(36-44-64)30-26-56-19-11-6-12-20-56)49-51-69(71)70-52-50-68(54-72(70)73)75(65-45-37-61(38-46-65)31-27-57-21-13-7-14-22-57)66-47-39-62(40-48-66)32-28-58-23-15-8-16-24-58/h5-54H,3-4H2,1-2H3. The van der Waals surface area contributed by atoms with E-state index >= 15 is 0 Å². The van der Waals surface area contributed by atoms with E-state index in [0.29, 0.717) is 0 Å². The second kappa shape index (κ2) is 22.3. The smallest absolute Gasteiger partial charge is 0.0465 e. The van der Waals surface area contributed by atoms with Crippen molar-refractivity contribution in [2.45, 2.75) is 32.1 Å². The fourth-order valence-electron chi connectivity index (χ4n) is 10.6. The van der Waals surface area contributed by atoms with Crippen molar-refractivity contribution in [1.29, 1.82) is 0 Å². The third-order valence-electron chi connectivity index (χ3n) is 14.7. The van der Waals surface area contributed by atoms with E-state index in [1.165, 1.54) is 44.5 Å². The van der Waals surface area contributed by atoms with Crippen LogP contribution in [0.3, 0.4) is 0 Å². The lowest BCUT2D eigenvalue weighted by Gasteiger charge is -2.33. The lowest BCUT2D eigenvalue weighted by molar-refractivity contribution is 0.490. The third-order valence-corrected chi connectivity index (χ3v) is 14.7. The Bertz CT molecular complexity index is 3180. The van der Waals surface area contributed by atoms with Crippen LogP contribution >= 0.6 is 0 Å². The molecule has 0 aliphatic heterocycles. The summed E-state index contributed by atoms with van der Waals surface area (Å²) in [5.41, 5.74) is 21.2. The van der Waals surface area contributed by atoms with Crippen molar-refractivity contribution < 1.29 is 0 Å². The summed E-state index contributed by atoms with van der Waals surface area (Å²) < 4.78 is 0. The molecule has 0 aromatic heterocycles. The molecule has 0 unspecified atom stereocenters. The van der Waals surface area contributed by atoms with E-state index in [9.17, 15) is 0 Å². The van der Waals surface area contributed by atoms with Gasteiger partial charge in [-0.15, -0.1) is 0 Å². The zero-order valence-corrected chi connectivity index (χ0v) is 42.7. The first-order valence-electron chi connectivity index (χ1n) is 26.3. The van der Waals surface area contributed by atoms with Crippen LogP contribution in [0.1, 0.15) is 82.3 Å². The highest BCUT2D eigenvalue weighted by atomic mass is 15.1. The average molecular weight is 965 g/mol. The van der Waals surface area contributed by atoms with Crippen molar-refractivity contribution in [1.82, 2.24) is 0 Å². The first-order valence-corrected chi connectivity index (χ1v) is 26.3. The van der Waals surface area contributed by atoms with E-state index in [1.54, 1.807) is 0 Å². The molecule has 0 bridgehead atoms. The predicted molar refractivity (Wildman–Crippen MR) is 324 cm³/mol. The molecule has 0 fully saturated rings. The van der Waals surface area contributed by atoms with Gasteiger partial charge in [-0.3, -0.25) is 0 Å². The zero-order valence-electron chi connectivity index (χ0n) is 42.7. The van der Waals surface area contributed by atoms with Crippen molar-refractivity contribution in [3.8, 4) is 11.1 Å². The summed E-state index contributed by atoms with van der Waals surface area (Å²) in [5.74, 6) is 0. The Labute approximate surface area is 443 Å². The normalized spacial score (nSPS) is 12.7. The van der Waals surface area contributed by atoms with Gasteiger partial charge in [0.1, 0.15) is 0 Å². The molecule has 0 saturated carbocycles. The molecule has 0 spiro atoms. The number of rotatable bonds is 16. The quantitative estimate of drug-likeness (QED) is 0.0891. The van der Waals surface area contributed by atoms with Gasteiger partial charge in [0.05, 0.1) is 0 Å². The van der Waals surface area contributed by atoms with Crippen molar-refractivity contribution in [2.75, 3.05) is 9.80 Å². The number of benzene rings is 10. The van der Waals surface area contributed by atoms with E-state index in [4.69, 9.17) is 0 Å². The van der Waals surface area contributed by atoms with Gasteiger partial charge in [-0.05, 0) is 152 Å². The maximum atomic E-state index is 2.48. The minimum atomic E-state index is -0.204. The molecule has 362 valence electrons. The Balaban J connectivity index is 0.962. The van der Waals surface area contributed by atoms with Gasteiger partial charge < -0.3 is 9.80 Å². The van der Waals surface area contributed by atoms with Crippen LogP contribution in [0.5, 0.6) is 0 Å². The lowest BCUT2D eigenvalue weighted by Crippen LogP contribution is -2.24. The molecule has 10 aromatic rings. The van der Waals surface area contributed by atoms with Gasteiger partial charge in [0, 0.05) is 39.5 Å². The number of anilines is 6. The molecule has 0 atom stereocenters. The van der Waals surface area contributed by atoms with Gasteiger partial charge in [-0.1, -0.05) is 244 Å². The second-order valence-electron chi connectivity index (χ2n) is 19.3. The van der Waals surface area contributed by atoms with E-state index < -0.39 is 0 Å². The summed E-state index contributed by atoms with van der Waals surface area (Å²) in [6.45, 7) is 4.73. The van der Waals surface area contributed by atoms with Crippen LogP contribution < -0.4 is 9.80 Å². The molecule has 0 amide bonds. The second-order valence-corrected chi connectivity index (χ2v) is 19.3. The summed E-state index contributed by atoms with van der Waals surface area (Å²) in [6, 6.07) is 92.1. The van der Waals surface area contributed by atoms with Gasteiger partial charge in [-0.2, -0.15) is 0 Å². The van der Waals surface area contributed by atoms with Crippen molar-refractivity contribution in [3.05, 3.63) is 310 Å². The predicted octanol–water partition coefficient (Wildman–Crippen LogP) is 20.4. The molecule has 1 aliphatic rings. The molecule has 75 heavy (non-hydrogen) atoms. The zero-order chi connectivity index (χ0) is 50.8. The van der Waals surface area contributed by atoms with Crippen LogP contribution in [-0.2, 0) is 5.41 Å². The molecular weight excluding hydrogens is 905 g/mol. The van der Waals surface area contributed by atoms with E-state index in [0.717, 1.165) is 69.2 Å². The number of nitrogens with zero attached hydrogens (tertiary/aromatic N) is 2. The van der Waals surface area contributed by atoms with Gasteiger partial charge in [-0.25, -0.2) is 0 Å². The largest absolute Gasteiger partial charge is 0.310 e. The van der Waals surface area contributed by atoms with Crippen LogP contribution in [0.2, 0.25) is 0 Å². The highest BCUT2D eigenvalue weighted by Crippen LogP contribution is 2.55. The maximum absolute atomic E-state index is 2.48. The number of hydrogen-bond acceptors (Lipinski definition) is 2. The summed E-state index contributed by atoms with van der Waals surface area (Å²) in [4.78, 5) is 4.83. The highest BCUT2D eigenvalue weighted by Gasteiger charge is 2.41. The van der Waals surface area contributed by atoms with E-state index in [-0.39, 0.29) is 5.41 Å². The van der Waals surface area contributed by atoms with Crippen molar-refractivity contribution in [2.24, 2.45) is 0 Å². The molecule has 0 N–H and O–H groups in total. The molecule has 10 aromatic carbocycles. The van der Waals surface area contributed by atoms with Crippen molar-refractivity contribution >= 4 is 82.7 Å². The van der Waals surface area contributed by atoms with Crippen LogP contribution in [0.4, 0.5) is 34.1 Å². The van der Waals surface area contributed by atoms with Crippen LogP contribution in [0.25, 0.3) is 59.7 Å². The van der Waals surface area contributed by atoms with E-state index in [2.05, 4.69) is 327 Å². The summed E-state index contributed by atoms with van der Waals surface area (Å²) in [5, 5.41) is 0. The Morgan fingerprint density at radius 1 is 0.253 bits per heavy atom. The fraction of sp³-hybridized carbons (Fsp3) is 0.0685. The van der Waals surface area contributed by atoms with Crippen molar-refractivity contribution in [3.63, 3.8) is 0 Å². The Morgan fingerprint density at radius 3 is 0.693 bits per heavy atom. The Kier molecular flexibility index (Phi) is 14.3. The SMILES string of the molecule is CCC1(CC)c2cc(N(c3ccc(C=Cc4ccccc4)cc3)c3ccc(C=Cc4ccccc4)cc3)ccc2-c2ccc(N(c3ccc(C=Cc4ccccc4)cc3)c3ccc(C=Cc4ccccc4)cc3)cc21. The first kappa shape index (κ1) is 48.1. The topological polar surface area (TPSA) is 6.48 Å². The monoisotopic (exact) mass is 964 g/mol. The minimum Gasteiger partial charge on any atom is -0.310 e. The van der Waals surface area contributed by atoms with Crippen LogP contribution in [0, 0.1) is 0 Å². The minimum absolute atomic E-state index is 0.204. The molecule has 0 radical (unpaired) electrons. The summed E-state index contributed by atoms with van der Waals surface area (Å²) in [7, 11) is 0. The molecular formula is C73H60N2. The molecule has 0 heterocycles. The maximum Gasteiger partial charge on any atom is 0.0465 e. The molecule has 0 saturated heterocycles. The molecule has 1 aliphatic carbocycles. The lowest BCUT2D eigenvalue weighted by atomic mass is 9.73. The fourth-order valence-corrected chi connectivity index (χ4v) is 10.6. The highest BCUT2D eigenvalue weighted by molar-refractivity contribution is 5.89. The Hall–Kier alpha value is -9.24. The first-order chi connectivity index (χ1) is 37.0. The Morgan fingerprint density at radius 2 is 0.467 bits per heavy atom. The number of fused-ring (bicyclic) bond motifs is 3. The van der Waals surface area contributed by atoms with Crippen LogP contribution in [-0.4, -0.2) is 0 Å². The van der Waals surface area contributed by atoms with Gasteiger partial charge >= 0.3 is 0 Å². The van der Waals surface area contributed by atoms with Gasteiger partial charge in [0.25, 0.3) is 0 Å². The van der Waals surface area contributed by atoms with Crippen LogP contribution in [0.15, 0.2) is 255 Å². The summed E-state index contributed by atoms with van der Waals surface area (Å²) >= 11 is 0.